The molecule has 0 bridgehead atoms. The molecule has 0 spiro atoms. The highest BCUT2D eigenvalue weighted by Gasteiger charge is 2.23. The molecule has 2 heteroatoms. The van der Waals surface area contributed by atoms with Crippen molar-refractivity contribution >= 4 is 0 Å². The fourth-order valence-corrected chi connectivity index (χ4v) is 2.76. The van der Waals surface area contributed by atoms with Crippen molar-refractivity contribution in [3.05, 3.63) is 71.8 Å². The van der Waals surface area contributed by atoms with Crippen LogP contribution in [0.5, 0.6) is 0 Å². The summed E-state index contributed by atoms with van der Waals surface area (Å²) in [6.45, 7) is 4.25. The van der Waals surface area contributed by atoms with Crippen LogP contribution in [-0.2, 0) is 6.54 Å². The fourth-order valence-electron chi connectivity index (χ4n) is 2.76. The SMILES string of the molecule is c1ccc(CN2CCNCC2c2ccccc2)cc1. The van der Waals surface area contributed by atoms with Crippen molar-refractivity contribution in [2.75, 3.05) is 19.6 Å². The largest absolute Gasteiger partial charge is 0.314 e. The van der Waals surface area contributed by atoms with Gasteiger partial charge in [-0.05, 0) is 11.1 Å². The summed E-state index contributed by atoms with van der Waals surface area (Å²) in [4.78, 5) is 2.57. The summed E-state index contributed by atoms with van der Waals surface area (Å²) in [5.41, 5.74) is 2.80. The van der Waals surface area contributed by atoms with Gasteiger partial charge in [0, 0.05) is 32.2 Å². The third-order valence-corrected chi connectivity index (χ3v) is 3.77. The maximum Gasteiger partial charge on any atom is 0.0476 e. The molecule has 3 rings (SSSR count). The topological polar surface area (TPSA) is 15.3 Å². The molecule has 1 fully saturated rings. The highest BCUT2D eigenvalue weighted by Crippen LogP contribution is 2.23. The van der Waals surface area contributed by atoms with E-state index in [2.05, 4.69) is 70.9 Å². The average molecular weight is 252 g/mol. The first-order chi connectivity index (χ1) is 9.43. The minimum atomic E-state index is 0.482. The highest BCUT2D eigenvalue weighted by atomic mass is 15.2. The molecule has 0 amide bonds. The van der Waals surface area contributed by atoms with Gasteiger partial charge in [-0.2, -0.15) is 0 Å². The van der Waals surface area contributed by atoms with Crippen molar-refractivity contribution in [1.29, 1.82) is 0 Å². The zero-order valence-corrected chi connectivity index (χ0v) is 11.1. The Balaban J connectivity index is 1.78. The number of hydrogen-bond donors (Lipinski definition) is 1. The number of hydrogen-bond acceptors (Lipinski definition) is 2. The Hall–Kier alpha value is -1.64. The van der Waals surface area contributed by atoms with Crippen molar-refractivity contribution in [3.8, 4) is 0 Å². The molecule has 0 saturated carbocycles. The number of nitrogens with zero attached hydrogens (tertiary/aromatic N) is 1. The first-order valence-electron chi connectivity index (χ1n) is 6.97. The Morgan fingerprint density at radius 2 is 1.63 bits per heavy atom. The van der Waals surface area contributed by atoms with Crippen LogP contribution in [0.3, 0.4) is 0 Å². The number of rotatable bonds is 3. The molecule has 2 aromatic carbocycles. The van der Waals surface area contributed by atoms with Gasteiger partial charge in [0.1, 0.15) is 0 Å². The first-order valence-corrected chi connectivity index (χ1v) is 6.97. The molecule has 1 N–H and O–H groups in total. The van der Waals surface area contributed by atoms with E-state index in [0.29, 0.717) is 6.04 Å². The molecular formula is C17H20N2. The lowest BCUT2D eigenvalue weighted by Crippen LogP contribution is -2.45. The maximum absolute atomic E-state index is 3.51. The summed E-state index contributed by atoms with van der Waals surface area (Å²) in [5, 5.41) is 3.51. The van der Waals surface area contributed by atoms with Crippen LogP contribution in [0, 0.1) is 0 Å². The average Bonchev–Trinajstić information content (AvgIpc) is 2.50. The molecule has 2 nitrogen and oxygen atoms in total. The summed E-state index contributed by atoms with van der Waals surface area (Å²) in [6, 6.07) is 22.0. The predicted molar refractivity (Wildman–Crippen MR) is 78.9 cm³/mol. The summed E-state index contributed by atoms with van der Waals surface area (Å²) in [5.74, 6) is 0. The molecule has 1 heterocycles. The van der Waals surface area contributed by atoms with Crippen LogP contribution in [0.15, 0.2) is 60.7 Å². The molecule has 0 aromatic heterocycles. The predicted octanol–water partition coefficient (Wildman–Crippen LogP) is 2.83. The Bertz CT molecular complexity index is 495. The molecule has 0 radical (unpaired) electrons. The molecule has 0 aliphatic carbocycles. The molecule has 2 aromatic rings. The van der Waals surface area contributed by atoms with E-state index in [0.717, 1.165) is 26.2 Å². The van der Waals surface area contributed by atoms with E-state index >= 15 is 0 Å². The quantitative estimate of drug-likeness (QED) is 0.903. The van der Waals surface area contributed by atoms with Crippen LogP contribution in [-0.4, -0.2) is 24.5 Å². The molecule has 1 aliphatic heterocycles. The van der Waals surface area contributed by atoms with Crippen LogP contribution in [0.4, 0.5) is 0 Å². The van der Waals surface area contributed by atoms with Crippen molar-refractivity contribution in [2.24, 2.45) is 0 Å². The van der Waals surface area contributed by atoms with Crippen LogP contribution in [0.2, 0.25) is 0 Å². The molecule has 1 atom stereocenters. The monoisotopic (exact) mass is 252 g/mol. The van der Waals surface area contributed by atoms with E-state index in [1.54, 1.807) is 0 Å². The second-order valence-electron chi connectivity index (χ2n) is 5.09. The van der Waals surface area contributed by atoms with E-state index in [1.807, 2.05) is 0 Å². The van der Waals surface area contributed by atoms with Gasteiger partial charge >= 0.3 is 0 Å². The fraction of sp³-hybridized carbons (Fsp3) is 0.294. The van der Waals surface area contributed by atoms with Crippen molar-refractivity contribution in [3.63, 3.8) is 0 Å². The van der Waals surface area contributed by atoms with Gasteiger partial charge < -0.3 is 5.32 Å². The van der Waals surface area contributed by atoms with E-state index in [4.69, 9.17) is 0 Å². The van der Waals surface area contributed by atoms with Crippen molar-refractivity contribution in [2.45, 2.75) is 12.6 Å². The second-order valence-corrected chi connectivity index (χ2v) is 5.09. The number of benzene rings is 2. The standard InChI is InChI=1S/C17H20N2/c1-3-7-15(8-4-1)14-19-12-11-18-13-17(19)16-9-5-2-6-10-16/h1-10,17-18H,11-14H2. The minimum absolute atomic E-state index is 0.482. The lowest BCUT2D eigenvalue weighted by molar-refractivity contribution is 0.154. The second kappa shape index (κ2) is 6.00. The summed E-state index contributed by atoms with van der Waals surface area (Å²) >= 11 is 0. The third-order valence-electron chi connectivity index (χ3n) is 3.77. The first kappa shape index (κ1) is 12.4. The van der Waals surface area contributed by atoms with E-state index in [-0.39, 0.29) is 0 Å². The Morgan fingerprint density at radius 1 is 0.947 bits per heavy atom. The van der Waals surface area contributed by atoms with E-state index in [9.17, 15) is 0 Å². The summed E-state index contributed by atoms with van der Waals surface area (Å²) in [7, 11) is 0. The van der Waals surface area contributed by atoms with Gasteiger partial charge in [0.25, 0.3) is 0 Å². The molecule has 19 heavy (non-hydrogen) atoms. The van der Waals surface area contributed by atoms with E-state index < -0.39 is 0 Å². The van der Waals surface area contributed by atoms with Gasteiger partial charge in [0.2, 0.25) is 0 Å². The molecule has 1 aliphatic rings. The number of nitrogens with one attached hydrogen (secondary N) is 1. The number of piperazine rings is 1. The van der Waals surface area contributed by atoms with Crippen LogP contribution in [0.25, 0.3) is 0 Å². The third kappa shape index (κ3) is 3.03. The Labute approximate surface area is 115 Å². The molecular weight excluding hydrogens is 232 g/mol. The van der Waals surface area contributed by atoms with Gasteiger partial charge in [-0.1, -0.05) is 60.7 Å². The van der Waals surface area contributed by atoms with Crippen molar-refractivity contribution in [1.82, 2.24) is 10.2 Å². The van der Waals surface area contributed by atoms with E-state index in [1.165, 1.54) is 11.1 Å². The van der Waals surface area contributed by atoms with Crippen LogP contribution >= 0.6 is 0 Å². The van der Waals surface area contributed by atoms with Gasteiger partial charge in [0.05, 0.1) is 0 Å². The summed E-state index contributed by atoms with van der Waals surface area (Å²) in [6.07, 6.45) is 0. The molecule has 98 valence electrons. The normalized spacial score (nSPS) is 20.3. The van der Waals surface area contributed by atoms with Crippen molar-refractivity contribution < 1.29 is 0 Å². The van der Waals surface area contributed by atoms with Crippen LogP contribution < -0.4 is 5.32 Å². The minimum Gasteiger partial charge on any atom is -0.314 e. The zero-order valence-electron chi connectivity index (χ0n) is 11.1. The maximum atomic E-state index is 3.51. The molecule has 1 unspecified atom stereocenters. The Kier molecular flexibility index (Phi) is 3.92. The Morgan fingerprint density at radius 3 is 2.37 bits per heavy atom. The van der Waals surface area contributed by atoms with Crippen LogP contribution in [0.1, 0.15) is 17.2 Å². The van der Waals surface area contributed by atoms with Gasteiger partial charge in [-0.25, -0.2) is 0 Å². The zero-order chi connectivity index (χ0) is 12.9. The summed E-state index contributed by atoms with van der Waals surface area (Å²) < 4.78 is 0. The van der Waals surface area contributed by atoms with Gasteiger partial charge in [0.15, 0.2) is 0 Å². The smallest absolute Gasteiger partial charge is 0.0476 e. The van der Waals surface area contributed by atoms with Gasteiger partial charge in [-0.15, -0.1) is 0 Å². The lowest BCUT2D eigenvalue weighted by atomic mass is 10.0. The highest BCUT2D eigenvalue weighted by molar-refractivity contribution is 5.21. The van der Waals surface area contributed by atoms with Gasteiger partial charge in [-0.3, -0.25) is 4.90 Å². The lowest BCUT2D eigenvalue weighted by Gasteiger charge is -2.36. The molecule has 1 saturated heterocycles.